The molecule has 0 aliphatic rings. The lowest BCUT2D eigenvalue weighted by Gasteiger charge is -2.13. The van der Waals surface area contributed by atoms with Gasteiger partial charge >= 0.3 is 0 Å². The number of rotatable bonds is 6. The van der Waals surface area contributed by atoms with Gasteiger partial charge < -0.3 is 10.1 Å². The lowest BCUT2D eigenvalue weighted by molar-refractivity contribution is 0.102. The summed E-state index contributed by atoms with van der Waals surface area (Å²) in [6, 6.07) is 10.5. The molecular weight excluding hydrogens is 404 g/mol. The summed E-state index contributed by atoms with van der Waals surface area (Å²) in [4.78, 5) is 20.0. The third-order valence-corrected chi connectivity index (χ3v) is 5.34. The molecule has 0 saturated carbocycles. The molecule has 3 rings (SSSR count). The van der Waals surface area contributed by atoms with Gasteiger partial charge in [0.15, 0.2) is 0 Å². The second-order valence-electron chi connectivity index (χ2n) is 5.49. The summed E-state index contributed by atoms with van der Waals surface area (Å²) >= 11 is 6.02. The molecule has 0 saturated heterocycles. The number of aromatic nitrogens is 2. The number of nitrogens with one attached hydrogen (secondary N) is 2. The first-order valence-electron chi connectivity index (χ1n) is 7.93. The van der Waals surface area contributed by atoms with E-state index in [0.29, 0.717) is 0 Å². The van der Waals surface area contributed by atoms with Gasteiger partial charge in [0.2, 0.25) is 0 Å². The smallest absolute Gasteiger partial charge is 0.275 e. The average molecular weight is 419 g/mol. The topological polar surface area (TPSA) is 110 Å². The van der Waals surface area contributed by atoms with Crippen LogP contribution in [0.1, 0.15) is 10.5 Å². The largest absolute Gasteiger partial charge is 0.495 e. The second-order valence-corrected chi connectivity index (χ2v) is 7.58. The van der Waals surface area contributed by atoms with Crippen LogP contribution in [0.2, 0.25) is 5.02 Å². The molecule has 1 aromatic heterocycles. The Bertz CT molecular complexity index is 1110. The molecule has 1 heterocycles. The number of halogens is 1. The summed E-state index contributed by atoms with van der Waals surface area (Å²) in [7, 11) is -2.55. The zero-order valence-electron chi connectivity index (χ0n) is 14.6. The first-order valence-corrected chi connectivity index (χ1v) is 9.79. The van der Waals surface area contributed by atoms with Gasteiger partial charge in [-0.1, -0.05) is 23.7 Å². The Hall–Kier alpha value is -3.17. The monoisotopic (exact) mass is 418 g/mol. The van der Waals surface area contributed by atoms with E-state index in [1.54, 1.807) is 24.3 Å². The molecule has 8 nitrogen and oxygen atoms in total. The van der Waals surface area contributed by atoms with Gasteiger partial charge in [0.1, 0.15) is 11.4 Å². The molecule has 0 aliphatic carbocycles. The zero-order chi connectivity index (χ0) is 20.1. The number of benzene rings is 2. The molecule has 0 bridgehead atoms. The molecule has 10 heteroatoms. The highest BCUT2D eigenvalue weighted by molar-refractivity contribution is 7.92. The van der Waals surface area contributed by atoms with Crippen molar-refractivity contribution in [2.45, 2.75) is 4.90 Å². The van der Waals surface area contributed by atoms with Gasteiger partial charge in [0.05, 0.1) is 34.6 Å². The number of amides is 1. The van der Waals surface area contributed by atoms with Crippen molar-refractivity contribution >= 4 is 38.9 Å². The zero-order valence-corrected chi connectivity index (χ0v) is 16.2. The van der Waals surface area contributed by atoms with Crippen LogP contribution in [0.15, 0.2) is 66.0 Å². The van der Waals surface area contributed by atoms with Gasteiger partial charge in [-0.25, -0.2) is 13.4 Å². The average Bonchev–Trinajstić information content (AvgIpc) is 2.70. The number of sulfonamides is 1. The van der Waals surface area contributed by atoms with Gasteiger partial charge in [0.25, 0.3) is 15.9 Å². The van der Waals surface area contributed by atoms with Crippen LogP contribution in [-0.2, 0) is 10.0 Å². The van der Waals surface area contributed by atoms with Gasteiger partial charge in [0, 0.05) is 12.4 Å². The molecule has 0 radical (unpaired) electrons. The Morgan fingerprint density at radius 3 is 2.57 bits per heavy atom. The van der Waals surface area contributed by atoms with Crippen molar-refractivity contribution in [2.75, 3.05) is 17.1 Å². The Morgan fingerprint density at radius 1 is 1.11 bits per heavy atom. The van der Waals surface area contributed by atoms with Crippen LogP contribution in [0, 0.1) is 0 Å². The number of anilines is 2. The third-order valence-electron chi connectivity index (χ3n) is 3.64. The number of ether oxygens (including phenoxy) is 1. The fourth-order valence-corrected chi connectivity index (χ4v) is 3.65. The molecule has 2 aromatic carbocycles. The summed E-state index contributed by atoms with van der Waals surface area (Å²) in [6.45, 7) is 0. The van der Waals surface area contributed by atoms with Crippen LogP contribution in [0.4, 0.5) is 11.4 Å². The lowest BCUT2D eigenvalue weighted by atomic mass is 10.2. The SMILES string of the molecule is COc1ccc(S(=O)(=O)Nc2ccccc2Cl)cc1NC(=O)c1cnccn1. The van der Waals surface area contributed by atoms with Crippen molar-refractivity contribution < 1.29 is 17.9 Å². The molecule has 0 atom stereocenters. The summed E-state index contributed by atoms with van der Waals surface area (Å²) in [5.41, 5.74) is 0.484. The van der Waals surface area contributed by atoms with E-state index in [9.17, 15) is 13.2 Å². The van der Waals surface area contributed by atoms with Crippen LogP contribution >= 0.6 is 11.6 Å². The molecule has 3 aromatic rings. The summed E-state index contributed by atoms with van der Waals surface area (Å²) in [5, 5.41) is 2.84. The van der Waals surface area contributed by atoms with E-state index in [-0.39, 0.29) is 32.7 Å². The molecule has 0 fully saturated rings. The Labute approximate surface area is 166 Å². The van der Waals surface area contributed by atoms with Crippen LogP contribution in [-0.4, -0.2) is 31.4 Å². The quantitative estimate of drug-likeness (QED) is 0.636. The number of nitrogens with zero attached hydrogens (tertiary/aromatic N) is 2. The molecule has 1 amide bonds. The Balaban J connectivity index is 1.92. The van der Waals surface area contributed by atoms with Crippen molar-refractivity contribution in [3.05, 3.63) is 71.8 Å². The number of para-hydroxylation sites is 1. The van der Waals surface area contributed by atoms with E-state index in [1.807, 2.05) is 0 Å². The highest BCUT2D eigenvalue weighted by Crippen LogP contribution is 2.30. The maximum absolute atomic E-state index is 12.7. The molecular formula is C18H15ClN4O4S. The Kier molecular flexibility index (Phi) is 5.76. The lowest BCUT2D eigenvalue weighted by Crippen LogP contribution is -2.16. The van der Waals surface area contributed by atoms with Crippen molar-refractivity contribution in [3.63, 3.8) is 0 Å². The summed E-state index contributed by atoms with van der Waals surface area (Å²) < 4.78 is 33.0. The van der Waals surface area contributed by atoms with E-state index in [1.165, 1.54) is 43.9 Å². The minimum Gasteiger partial charge on any atom is -0.495 e. The minimum absolute atomic E-state index is 0.0759. The molecule has 28 heavy (non-hydrogen) atoms. The van der Waals surface area contributed by atoms with Crippen molar-refractivity contribution in [1.29, 1.82) is 0 Å². The number of carbonyl (C=O) groups is 1. The highest BCUT2D eigenvalue weighted by Gasteiger charge is 2.19. The fourth-order valence-electron chi connectivity index (χ4n) is 2.30. The van der Waals surface area contributed by atoms with Crippen LogP contribution in [0.3, 0.4) is 0 Å². The van der Waals surface area contributed by atoms with Crippen LogP contribution < -0.4 is 14.8 Å². The maximum Gasteiger partial charge on any atom is 0.275 e. The number of hydrogen-bond donors (Lipinski definition) is 2. The second kappa shape index (κ2) is 8.24. The van der Waals surface area contributed by atoms with E-state index in [2.05, 4.69) is 20.0 Å². The standard InChI is InChI=1S/C18H15ClN4O4S/c1-27-17-7-6-12(28(25,26)23-14-5-3-2-4-13(14)19)10-15(17)22-18(24)16-11-20-8-9-21-16/h2-11,23H,1H3,(H,22,24). The first-order chi connectivity index (χ1) is 13.4. The minimum atomic E-state index is -3.95. The number of methoxy groups -OCH3 is 1. The number of hydrogen-bond acceptors (Lipinski definition) is 6. The number of carbonyl (C=O) groups excluding carboxylic acids is 1. The van der Waals surface area contributed by atoms with Crippen LogP contribution in [0.5, 0.6) is 5.75 Å². The molecule has 0 unspecified atom stereocenters. The van der Waals surface area contributed by atoms with Crippen LogP contribution in [0.25, 0.3) is 0 Å². The fraction of sp³-hybridized carbons (Fsp3) is 0.0556. The van der Waals surface area contributed by atoms with Gasteiger partial charge in [-0.15, -0.1) is 0 Å². The third kappa shape index (κ3) is 4.38. The summed E-state index contributed by atoms with van der Waals surface area (Å²) in [6.07, 6.45) is 4.10. The van der Waals surface area contributed by atoms with Crippen molar-refractivity contribution in [1.82, 2.24) is 9.97 Å². The Morgan fingerprint density at radius 2 is 1.89 bits per heavy atom. The van der Waals surface area contributed by atoms with Crippen molar-refractivity contribution in [3.8, 4) is 5.75 Å². The predicted octanol–water partition coefficient (Wildman–Crippen LogP) is 3.19. The molecule has 2 N–H and O–H groups in total. The molecule has 144 valence electrons. The van der Waals surface area contributed by atoms with Crippen molar-refractivity contribution in [2.24, 2.45) is 0 Å². The van der Waals surface area contributed by atoms with E-state index >= 15 is 0 Å². The van der Waals surface area contributed by atoms with E-state index in [0.717, 1.165) is 0 Å². The van der Waals surface area contributed by atoms with Gasteiger partial charge in [-0.3, -0.25) is 14.5 Å². The first kappa shape index (κ1) is 19.6. The van der Waals surface area contributed by atoms with E-state index < -0.39 is 15.9 Å². The predicted molar refractivity (Wildman–Crippen MR) is 105 cm³/mol. The van der Waals surface area contributed by atoms with E-state index in [4.69, 9.17) is 16.3 Å². The maximum atomic E-state index is 12.7. The molecule has 0 aliphatic heterocycles. The van der Waals surface area contributed by atoms with Gasteiger partial charge in [-0.05, 0) is 30.3 Å². The normalized spacial score (nSPS) is 10.9. The summed E-state index contributed by atoms with van der Waals surface area (Å²) in [5.74, 6) is -0.269. The molecule has 0 spiro atoms. The van der Waals surface area contributed by atoms with Gasteiger partial charge in [-0.2, -0.15) is 0 Å². The highest BCUT2D eigenvalue weighted by atomic mass is 35.5.